The molecule has 0 aromatic rings. The van der Waals surface area contributed by atoms with Gasteiger partial charge in [-0.15, -0.1) is 0 Å². The molecule has 4 N–H and O–H groups in total. The molecule has 0 aromatic heterocycles. The fourth-order valence-corrected chi connectivity index (χ4v) is 0.807. The van der Waals surface area contributed by atoms with Gasteiger partial charge in [-0.2, -0.15) is 0 Å². The molecule has 0 radical (unpaired) electrons. The molecule has 0 aliphatic heterocycles. The van der Waals surface area contributed by atoms with Crippen LogP contribution in [0.5, 0.6) is 0 Å². The number of hydrogen-bond acceptors (Lipinski definition) is 4. The van der Waals surface area contributed by atoms with Gasteiger partial charge in [0.1, 0.15) is 12.5 Å². The molecule has 0 amide bonds. The zero-order valence-electron chi connectivity index (χ0n) is 6.92. The molecule has 0 bridgehead atoms. The normalized spacial score (nSPS) is 16.4. The predicted octanol–water partition coefficient (Wildman–Crippen LogP) is -0.210. The summed E-state index contributed by atoms with van der Waals surface area (Å²) in [6, 6.07) is 0. The summed E-state index contributed by atoms with van der Waals surface area (Å²) >= 11 is 0. The van der Waals surface area contributed by atoms with E-state index in [1.807, 2.05) is 0 Å². The first-order valence-electron chi connectivity index (χ1n) is 3.77. The van der Waals surface area contributed by atoms with Crippen LogP contribution in [0, 0.1) is 0 Å². The maximum absolute atomic E-state index is 8.46. The third kappa shape index (κ3) is 6.25. The molecule has 11 heavy (non-hydrogen) atoms. The fraction of sp³-hybridized carbons (Fsp3) is 1.00. The Kier molecular flexibility index (Phi) is 5.41. The van der Waals surface area contributed by atoms with E-state index >= 15 is 0 Å². The Bertz CT molecular complexity index is 95.7. The number of unbranched alkanes of at least 4 members (excludes halogenated alkanes) is 1. The quantitative estimate of drug-likeness (QED) is 0.374. The number of aliphatic hydroxyl groups is 2. The highest BCUT2D eigenvalue weighted by atomic mass is 16.6. The van der Waals surface area contributed by atoms with Crippen LogP contribution in [-0.4, -0.2) is 29.3 Å². The number of rotatable bonds is 6. The maximum Gasteiger partial charge on any atom is 0.145 e. The van der Waals surface area contributed by atoms with Gasteiger partial charge in [0, 0.05) is 6.61 Å². The van der Waals surface area contributed by atoms with E-state index in [2.05, 4.69) is 0 Å². The topological polar surface area (TPSA) is 75.7 Å². The van der Waals surface area contributed by atoms with Crippen LogP contribution in [0.15, 0.2) is 0 Å². The van der Waals surface area contributed by atoms with E-state index in [1.165, 1.54) is 0 Å². The van der Waals surface area contributed by atoms with Gasteiger partial charge in [0.2, 0.25) is 0 Å². The molecule has 4 heteroatoms. The minimum Gasteiger partial charge on any atom is -0.396 e. The van der Waals surface area contributed by atoms with Crippen LogP contribution in [0.4, 0.5) is 0 Å². The average Bonchev–Trinajstić information content (AvgIpc) is 1.87. The minimum atomic E-state index is -0.760. The molecule has 4 nitrogen and oxygen atoms in total. The Labute approximate surface area is 67.0 Å². The molecule has 0 spiro atoms. The number of nitrogens with two attached hydrogens (primary N) is 1. The van der Waals surface area contributed by atoms with Crippen molar-refractivity contribution in [2.75, 3.05) is 13.4 Å². The van der Waals surface area contributed by atoms with E-state index in [9.17, 15) is 0 Å². The second-order valence-corrected chi connectivity index (χ2v) is 2.77. The van der Waals surface area contributed by atoms with Crippen LogP contribution in [0.25, 0.3) is 0 Å². The van der Waals surface area contributed by atoms with E-state index in [0.29, 0.717) is 6.42 Å². The standard InChI is InChI=1S/C7H17NO3/c1-7(8,11-6-10)4-2-3-5-9/h9-10H,2-6,8H2,1H3. The third-order valence-corrected chi connectivity index (χ3v) is 1.48. The van der Waals surface area contributed by atoms with Crippen LogP contribution in [0.2, 0.25) is 0 Å². The number of aliphatic hydroxyl groups excluding tert-OH is 2. The predicted molar refractivity (Wildman–Crippen MR) is 41.7 cm³/mol. The molecule has 0 fully saturated rings. The van der Waals surface area contributed by atoms with Gasteiger partial charge in [-0.25, -0.2) is 0 Å². The summed E-state index contributed by atoms with van der Waals surface area (Å²) in [5.74, 6) is 0. The molecule has 0 aliphatic rings. The minimum absolute atomic E-state index is 0.176. The third-order valence-electron chi connectivity index (χ3n) is 1.48. The number of hydrogen-bond donors (Lipinski definition) is 3. The van der Waals surface area contributed by atoms with Crippen molar-refractivity contribution in [2.24, 2.45) is 5.73 Å². The van der Waals surface area contributed by atoms with Crippen molar-refractivity contribution in [2.45, 2.75) is 31.9 Å². The average molecular weight is 163 g/mol. The SMILES string of the molecule is CC(N)(CCCCO)OCO. The summed E-state index contributed by atoms with van der Waals surface area (Å²) in [5, 5.41) is 16.9. The van der Waals surface area contributed by atoms with Crippen molar-refractivity contribution in [3.8, 4) is 0 Å². The summed E-state index contributed by atoms with van der Waals surface area (Å²) in [6.07, 6.45) is 2.18. The Hall–Kier alpha value is -0.160. The van der Waals surface area contributed by atoms with Crippen molar-refractivity contribution in [1.82, 2.24) is 0 Å². The highest BCUT2D eigenvalue weighted by Crippen LogP contribution is 2.11. The molecule has 1 unspecified atom stereocenters. The molecule has 0 saturated carbocycles. The van der Waals surface area contributed by atoms with Gasteiger partial charge in [0.05, 0.1) is 0 Å². The first-order valence-corrected chi connectivity index (χ1v) is 3.77. The molecule has 0 aromatic carbocycles. The first kappa shape index (κ1) is 10.8. The van der Waals surface area contributed by atoms with Gasteiger partial charge < -0.3 is 20.7 Å². The lowest BCUT2D eigenvalue weighted by molar-refractivity contribution is -0.109. The second kappa shape index (κ2) is 5.49. The summed E-state index contributed by atoms with van der Waals surface area (Å²) in [4.78, 5) is 0. The summed E-state index contributed by atoms with van der Waals surface area (Å²) in [5.41, 5.74) is 4.84. The van der Waals surface area contributed by atoms with E-state index in [1.54, 1.807) is 6.92 Å². The molecular weight excluding hydrogens is 146 g/mol. The lowest BCUT2D eigenvalue weighted by Gasteiger charge is -2.23. The molecule has 68 valence electrons. The number of ether oxygens (including phenoxy) is 1. The summed E-state index contributed by atoms with van der Waals surface area (Å²) in [6.45, 7) is 1.53. The van der Waals surface area contributed by atoms with Gasteiger partial charge in [0.15, 0.2) is 0 Å². The van der Waals surface area contributed by atoms with Crippen molar-refractivity contribution >= 4 is 0 Å². The van der Waals surface area contributed by atoms with Crippen molar-refractivity contribution in [3.63, 3.8) is 0 Å². The Morgan fingerprint density at radius 1 is 1.36 bits per heavy atom. The van der Waals surface area contributed by atoms with Crippen LogP contribution in [0.3, 0.4) is 0 Å². The van der Waals surface area contributed by atoms with Crippen LogP contribution in [0.1, 0.15) is 26.2 Å². The Morgan fingerprint density at radius 2 is 2.00 bits per heavy atom. The molecule has 0 aliphatic carbocycles. The maximum atomic E-state index is 8.46. The highest BCUT2D eigenvalue weighted by Gasteiger charge is 2.17. The molecule has 1 atom stereocenters. The van der Waals surface area contributed by atoms with E-state index in [-0.39, 0.29) is 13.4 Å². The first-order chi connectivity index (χ1) is 5.12. The largest absolute Gasteiger partial charge is 0.396 e. The zero-order chi connectivity index (χ0) is 8.74. The van der Waals surface area contributed by atoms with Gasteiger partial charge in [0.25, 0.3) is 0 Å². The van der Waals surface area contributed by atoms with E-state index < -0.39 is 5.72 Å². The van der Waals surface area contributed by atoms with Crippen LogP contribution >= 0.6 is 0 Å². The van der Waals surface area contributed by atoms with Crippen molar-refractivity contribution in [3.05, 3.63) is 0 Å². The molecular formula is C7H17NO3. The van der Waals surface area contributed by atoms with Crippen molar-refractivity contribution in [1.29, 1.82) is 0 Å². The Balaban J connectivity index is 3.38. The van der Waals surface area contributed by atoms with Crippen LogP contribution < -0.4 is 5.73 Å². The molecule has 0 rings (SSSR count). The second-order valence-electron chi connectivity index (χ2n) is 2.77. The Morgan fingerprint density at radius 3 is 2.45 bits per heavy atom. The van der Waals surface area contributed by atoms with Gasteiger partial charge in [-0.05, 0) is 26.2 Å². The monoisotopic (exact) mass is 163 g/mol. The lowest BCUT2D eigenvalue weighted by atomic mass is 10.1. The van der Waals surface area contributed by atoms with E-state index in [0.717, 1.165) is 12.8 Å². The molecule has 0 saturated heterocycles. The zero-order valence-corrected chi connectivity index (χ0v) is 6.92. The highest BCUT2D eigenvalue weighted by molar-refractivity contribution is 4.65. The lowest BCUT2D eigenvalue weighted by Crippen LogP contribution is -2.39. The van der Waals surface area contributed by atoms with E-state index in [4.69, 9.17) is 20.7 Å². The van der Waals surface area contributed by atoms with Crippen molar-refractivity contribution < 1.29 is 14.9 Å². The summed E-state index contributed by atoms with van der Waals surface area (Å²) in [7, 11) is 0. The van der Waals surface area contributed by atoms with Crippen LogP contribution in [-0.2, 0) is 4.74 Å². The van der Waals surface area contributed by atoms with Gasteiger partial charge in [-0.1, -0.05) is 0 Å². The van der Waals surface area contributed by atoms with Gasteiger partial charge in [-0.3, -0.25) is 0 Å². The van der Waals surface area contributed by atoms with Gasteiger partial charge >= 0.3 is 0 Å². The summed E-state index contributed by atoms with van der Waals surface area (Å²) < 4.78 is 4.83. The smallest absolute Gasteiger partial charge is 0.145 e. The molecule has 0 heterocycles. The fourth-order valence-electron chi connectivity index (χ4n) is 0.807.